The Balaban J connectivity index is 1.10. The van der Waals surface area contributed by atoms with Crippen molar-refractivity contribution in [3.8, 4) is 22.3 Å². The van der Waals surface area contributed by atoms with Gasteiger partial charge in [-0.2, -0.15) is 0 Å². The molecule has 10 aromatic carbocycles. The van der Waals surface area contributed by atoms with Crippen LogP contribution >= 0.6 is 11.8 Å². The summed E-state index contributed by atoms with van der Waals surface area (Å²) in [5.74, 6) is 0.902. The van der Waals surface area contributed by atoms with Crippen LogP contribution in [0.5, 0.6) is 0 Å². The van der Waals surface area contributed by atoms with Crippen molar-refractivity contribution in [2.24, 2.45) is 0 Å². The van der Waals surface area contributed by atoms with Gasteiger partial charge >= 0.3 is 0 Å². The summed E-state index contributed by atoms with van der Waals surface area (Å²) in [5, 5.41) is 5.74. The number of hydrogen-bond acceptors (Lipinski definition) is 3. The van der Waals surface area contributed by atoms with Crippen LogP contribution in [0.2, 0.25) is 0 Å². The molecular formula is C71H63BN2SSi. The quantitative estimate of drug-likeness (QED) is 0.133. The normalized spacial score (nSPS) is 13.8. The van der Waals surface area contributed by atoms with Crippen LogP contribution in [-0.2, 0) is 5.41 Å². The minimum Gasteiger partial charge on any atom is -0.311 e. The van der Waals surface area contributed by atoms with Gasteiger partial charge in [0.2, 0.25) is 6.71 Å². The monoisotopic (exact) mass is 1010 g/mol. The first-order valence-electron chi connectivity index (χ1n) is 27.2. The molecule has 0 saturated heterocycles. The lowest BCUT2D eigenvalue weighted by molar-refractivity contribution is 0.590. The SMILES string of the molecule is Cc1cc2c3c(c1)N(c1ccc(C(C)(C)C)cc1-c1ccccc1)c1cc4c(cc1B3c1ccc(N(c3ccc(C(C)C)cc3)c3ccc(C(C)C)cc3)cc1S2)[Si](c1ccccc1)(c1ccccc1)c1ccccc1-4. The molecule has 2 nitrogen and oxygen atoms in total. The van der Waals surface area contributed by atoms with Crippen molar-refractivity contribution < 1.29 is 0 Å². The molecule has 0 aliphatic carbocycles. The van der Waals surface area contributed by atoms with Crippen LogP contribution in [0, 0.1) is 6.92 Å². The molecule has 3 aliphatic rings. The highest BCUT2D eigenvalue weighted by Crippen LogP contribution is 2.48. The summed E-state index contributed by atoms with van der Waals surface area (Å²) in [7, 11) is -2.86. The number of nitrogens with zero attached hydrogens (tertiary/aromatic N) is 2. The molecule has 76 heavy (non-hydrogen) atoms. The molecule has 0 saturated carbocycles. The van der Waals surface area contributed by atoms with Crippen LogP contribution in [0.1, 0.15) is 82.6 Å². The molecule has 0 N–H and O–H groups in total. The second-order valence-electron chi connectivity index (χ2n) is 22.9. The summed E-state index contributed by atoms with van der Waals surface area (Å²) in [5.41, 5.74) is 21.6. The van der Waals surface area contributed by atoms with Crippen molar-refractivity contribution >= 4 is 97.8 Å². The highest BCUT2D eigenvalue weighted by molar-refractivity contribution is 8.00. The zero-order chi connectivity index (χ0) is 52.0. The third-order valence-corrected chi connectivity index (χ3v) is 22.6. The van der Waals surface area contributed by atoms with Crippen LogP contribution in [-0.4, -0.2) is 14.8 Å². The lowest BCUT2D eigenvalue weighted by Crippen LogP contribution is -2.73. The predicted octanol–water partition coefficient (Wildman–Crippen LogP) is 14.8. The van der Waals surface area contributed by atoms with Gasteiger partial charge in [0.15, 0.2) is 8.07 Å². The summed E-state index contributed by atoms with van der Waals surface area (Å²) in [6.45, 7) is 18.3. The lowest BCUT2D eigenvalue weighted by Gasteiger charge is -2.42. The topological polar surface area (TPSA) is 6.48 Å². The molecule has 0 spiro atoms. The van der Waals surface area contributed by atoms with Crippen LogP contribution < -0.4 is 46.9 Å². The van der Waals surface area contributed by atoms with Gasteiger partial charge in [-0.3, -0.25) is 0 Å². The van der Waals surface area contributed by atoms with Crippen LogP contribution in [0.25, 0.3) is 22.3 Å². The first kappa shape index (κ1) is 48.1. The largest absolute Gasteiger partial charge is 0.311 e. The van der Waals surface area contributed by atoms with Gasteiger partial charge < -0.3 is 9.80 Å². The van der Waals surface area contributed by atoms with E-state index < -0.39 is 8.07 Å². The van der Waals surface area contributed by atoms with E-state index in [0.717, 1.165) is 17.1 Å². The third kappa shape index (κ3) is 7.76. The maximum Gasteiger partial charge on any atom is 0.249 e. The number of anilines is 6. The molecule has 10 aromatic rings. The van der Waals surface area contributed by atoms with Crippen molar-refractivity contribution in [2.45, 2.75) is 82.4 Å². The average Bonchev–Trinajstić information content (AvgIpc) is 3.96. The van der Waals surface area contributed by atoms with Crippen LogP contribution in [0.3, 0.4) is 0 Å². The van der Waals surface area contributed by atoms with E-state index >= 15 is 0 Å². The van der Waals surface area contributed by atoms with E-state index in [0.29, 0.717) is 11.8 Å². The maximum atomic E-state index is 2.71. The zero-order valence-corrected chi connectivity index (χ0v) is 46.7. The smallest absolute Gasteiger partial charge is 0.249 e. The van der Waals surface area contributed by atoms with Crippen molar-refractivity contribution in [1.82, 2.24) is 0 Å². The Morgan fingerprint density at radius 1 is 0.461 bits per heavy atom. The van der Waals surface area contributed by atoms with Crippen LogP contribution in [0.15, 0.2) is 234 Å². The van der Waals surface area contributed by atoms with Gasteiger partial charge in [0.25, 0.3) is 0 Å². The third-order valence-electron chi connectivity index (χ3n) is 16.6. The van der Waals surface area contributed by atoms with E-state index in [1.165, 1.54) is 108 Å². The highest BCUT2D eigenvalue weighted by atomic mass is 32.2. The van der Waals surface area contributed by atoms with E-state index in [9.17, 15) is 0 Å². The molecule has 0 radical (unpaired) electrons. The fourth-order valence-corrected chi connectivity index (χ4v) is 19.2. The number of hydrogen-bond donors (Lipinski definition) is 0. The van der Waals surface area contributed by atoms with Gasteiger partial charge in [-0.15, -0.1) is 0 Å². The van der Waals surface area contributed by atoms with Gasteiger partial charge in [-0.05, 0) is 162 Å². The van der Waals surface area contributed by atoms with Crippen molar-refractivity contribution in [2.75, 3.05) is 9.80 Å². The fraction of sp³-hybridized carbons (Fsp3) is 0.155. The zero-order valence-electron chi connectivity index (χ0n) is 44.9. The number of rotatable bonds is 9. The second-order valence-corrected chi connectivity index (χ2v) is 27.8. The van der Waals surface area contributed by atoms with Crippen LogP contribution in [0.4, 0.5) is 34.1 Å². The Labute approximate surface area is 456 Å². The van der Waals surface area contributed by atoms with Crippen molar-refractivity contribution in [1.29, 1.82) is 0 Å². The highest BCUT2D eigenvalue weighted by Gasteiger charge is 2.51. The first-order chi connectivity index (χ1) is 36.9. The van der Waals surface area contributed by atoms with E-state index in [1.807, 2.05) is 11.8 Å². The van der Waals surface area contributed by atoms with Crippen molar-refractivity contribution in [3.63, 3.8) is 0 Å². The van der Waals surface area contributed by atoms with E-state index in [-0.39, 0.29) is 12.1 Å². The van der Waals surface area contributed by atoms with E-state index in [2.05, 4.69) is 290 Å². The predicted molar refractivity (Wildman–Crippen MR) is 331 cm³/mol. The first-order valence-corrected chi connectivity index (χ1v) is 30.1. The van der Waals surface area contributed by atoms with E-state index in [4.69, 9.17) is 0 Å². The summed E-state index contributed by atoms with van der Waals surface area (Å²) in [6, 6.07) is 86.7. The summed E-state index contributed by atoms with van der Waals surface area (Å²) >= 11 is 1.94. The van der Waals surface area contributed by atoms with Gasteiger partial charge in [-0.1, -0.05) is 223 Å². The molecule has 0 atom stereocenters. The summed E-state index contributed by atoms with van der Waals surface area (Å²) in [4.78, 5) is 7.73. The maximum absolute atomic E-state index is 2.86. The standard InChI is InChI=1S/C71H63BN2SSi/c1-46(2)49-28-33-53(34-29-49)73(54-35-30-50(31-36-54)47(3)4)55-37-38-61-66(43-55)75-67-41-48(5)40-65-70(67)72(61)62-45-69-60(44-64(62)74(65)63-39-32-52(71(6,7)8)42-59(63)51-20-12-9-13-21-51)58-26-18-19-27-68(58)76(69,56-22-14-10-15-23-56)57-24-16-11-17-25-57/h9-47H,1-8H3. The summed E-state index contributed by atoms with van der Waals surface area (Å²) in [6.07, 6.45) is 0. The van der Waals surface area contributed by atoms with E-state index in [1.54, 1.807) is 0 Å². The molecule has 0 unspecified atom stereocenters. The van der Waals surface area contributed by atoms with Gasteiger partial charge in [0.05, 0.1) is 5.69 Å². The molecule has 0 bridgehead atoms. The Morgan fingerprint density at radius 2 is 1.04 bits per heavy atom. The lowest BCUT2D eigenvalue weighted by atomic mass is 9.34. The van der Waals surface area contributed by atoms with Gasteiger partial charge in [0.1, 0.15) is 0 Å². The Kier molecular flexibility index (Phi) is 11.8. The Hall–Kier alpha value is -7.57. The summed E-state index contributed by atoms with van der Waals surface area (Å²) < 4.78 is 0. The second kappa shape index (κ2) is 18.6. The van der Waals surface area contributed by atoms with Crippen molar-refractivity contribution in [3.05, 3.63) is 247 Å². The average molecular weight is 1020 g/mol. The number of aryl methyl sites for hydroxylation is 1. The molecule has 0 fully saturated rings. The minimum atomic E-state index is -2.86. The molecule has 13 rings (SSSR count). The molecule has 0 amide bonds. The molecule has 5 heteroatoms. The molecule has 0 aromatic heterocycles. The minimum absolute atomic E-state index is 0.0208. The molecule has 3 aliphatic heterocycles. The van der Waals surface area contributed by atoms with Gasteiger partial charge in [-0.25, -0.2) is 0 Å². The number of benzene rings is 10. The Bertz CT molecular complexity index is 3750. The van der Waals surface area contributed by atoms with Gasteiger partial charge in [0, 0.05) is 43.8 Å². The number of fused-ring (bicyclic) bond motifs is 7. The molecular weight excluding hydrogens is 952 g/mol. The molecule has 3 heterocycles. The Morgan fingerprint density at radius 3 is 1.64 bits per heavy atom. The fourth-order valence-electron chi connectivity index (χ4n) is 12.7. The molecule has 370 valence electrons.